The van der Waals surface area contributed by atoms with Crippen LogP contribution in [0.2, 0.25) is 0 Å². The number of carbonyl (C=O) groups is 4. The van der Waals surface area contributed by atoms with E-state index in [1.54, 1.807) is 53.7 Å². The van der Waals surface area contributed by atoms with E-state index in [0.29, 0.717) is 0 Å². The zero-order chi connectivity index (χ0) is 27.5. The molecule has 2 aromatic rings. The first-order chi connectivity index (χ1) is 17.2. The first-order valence-corrected chi connectivity index (χ1v) is 11.6. The summed E-state index contributed by atoms with van der Waals surface area (Å²) < 4.78 is 27.2. The van der Waals surface area contributed by atoms with Gasteiger partial charge in [0.2, 0.25) is 0 Å². The summed E-state index contributed by atoms with van der Waals surface area (Å²) in [5, 5.41) is 0. The topological polar surface area (TPSA) is 118 Å². The number of hydrogen-bond donors (Lipinski definition) is 0. The van der Waals surface area contributed by atoms with Gasteiger partial charge in [-0.15, -0.1) is 0 Å². The summed E-state index contributed by atoms with van der Waals surface area (Å²) in [6, 6.07) is 9.04. The fourth-order valence-corrected chi connectivity index (χ4v) is 3.52. The van der Waals surface area contributed by atoms with E-state index in [1.807, 2.05) is 0 Å². The molecule has 0 bridgehead atoms. The van der Waals surface area contributed by atoms with Gasteiger partial charge in [0.1, 0.15) is 34.8 Å². The lowest BCUT2D eigenvalue weighted by molar-refractivity contribution is -0.157. The van der Waals surface area contributed by atoms with Gasteiger partial charge in [-0.3, -0.25) is 14.5 Å². The second-order valence-corrected chi connectivity index (χ2v) is 10.3. The van der Waals surface area contributed by atoms with E-state index < -0.39 is 48.2 Å². The molecule has 10 heteroatoms. The molecule has 0 spiro atoms. The molecule has 3 rings (SSSR count). The summed E-state index contributed by atoms with van der Waals surface area (Å²) in [4.78, 5) is 52.2. The average Bonchev–Trinajstić information content (AvgIpc) is 2.89. The molecule has 0 aromatic heterocycles. The van der Waals surface area contributed by atoms with Crippen LogP contribution in [0.15, 0.2) is 36.4 Å². The smallest absolute Gasteiger partial charge is 0.344 e. The lowest BCUT2D eigenvalue weighted by atomic mass is 10.1. The molecule has 10 nitrogen and oxygen atoms in total. The highest BCUT2D eigenvalue weighted by atomic mass is 16.6. The standard InChI is InChI=1S/C27H31NO9/c1-26(2,3)36-21(29)14-28-17-13-16(25(32)33-7)11-12-18(17)35-20-10-8-9-19(23(20)24(28)31)34-15-22(30)37-27(4,5)6/h8-13H,14-15H2,1-7H3. The summed E-state index contributed by atoms with van der Waals surface area (Å²) in [5.41, 5.74) is -1.20. The van der Waals surface area contributed by atoms with Crippen molar-refractivity contribution in [3.63, 3.8) is 0 Å². The molecule has 1 heterocycles. The van der Waals surface area contributed by atoms with Crippen molar-refractivity contribution < 1.29 is 42.9 Å². The number of hydrogen-bond acceptors (Lipinski definition) is 9. The third-order valence-electron chi connectivity index (χ3n) is 4.81. The first kappa shape index (κ1) is 27.5. The number of amides is 1. The normalized spacial score (nSPS) is 12.9. The number of anilines is 1. The Bertz CT molecular complexity index is 1220. The highest BCUT2D eigenvalue weighted by molar-refractivity contribution is 6.13. The van der Waals surface area contributed by atoms with Gasteiger partial charge in [-0.2, -0.15) is 0 Å². The van der Waals surface area contributed by atoms with E-state index in [9.17, 15) is 19.2 Å². The quantitative estimate of drug-likeness (QED) is 0.412. The van der Waals surface area contributed by atoms with Gasteiger partial charge < -0.3 is 23.7 Å². The fraction of sp³-hybridized carbons (Fsp3) is 0.407. The lowest BCUT2D eigenvalue weighted by Gasteiger charge is -2.25. The van der Waals surface area contributed by atoms with Crippen LogP contribution >= 0.6 is 0 Å². The van der Waals surface area contributed by atoms with Crippen LogP contribution in [0.4, 0.5) is 5.69 Å². The van der Waals surface area contributed by atoms with Crippen molar-refractivity contribution in [3.05, 3.63) is 47.5 Å². The van der Waals surface area contributed by atoms with Gasteiger partial charge in [0, 0.05) is 0 Å². The second kappa shape index (κ2) is 10.5. The molecule has 1 amide bonds. The molecule has 1 aliphatic heterocycles. The maximum atomic E-state index is 13.9. The van der Waals surface area contributed by atoms with Crippen molar-refractivity contribution in [1.29, 1.82) is 0 Å². The largest absolute Gasteiger partial charge is 0.481 e. The van der Waals surface area contributed by atoms with Gasteiger partial charge in [0.15, 0.2) is 12.4 Å². The SMILES string of the molecule is COC(=O)c1ccc2c(c1)N(CC(=O)OC(C)(C)C)C(=O)c1c(OCC(=O)OC(C)(C)C)cccc1O2. The summed E-state index contributed by atoms with van der Waals surface area (Å²) in [6.45, 7) is 9.38. The van der Waals surface area contributed by atoms with Crippen molar-refractivity contribution in [2.24, 2.45) is 0 Å². The van der Waals surface area contributed by atoms with Gasteiger partial charge in [-0.25, -0.2) is 9.59 Å². The van der Waals surface area contributed by atoms with Crippen LogP contribution in [0.3, 0.4) is 0 Å². The van der Waals surface area contributed by atoms with E-state index in [2.05, 4.69) is 0 Å². The van der Waals surface area contributed by atoms with E-state index in [4.69, 9.17) is 23.7 Å². The Hall–Kier alpha value is -4.08. The number of methoxy groups -OCH3 is 1. The highest BCUT2D eigenvalue weighted by Crippen LogP contribution is 2.42. The summed E-state index contributed by atoms with van der Waals surface area (Å²) in [7, 11) is 1.23. The molecule has 198 valence electrons. The average molecular weight is 514 g/mol. The number of ether oxygens (including phenoxy) is 5. The molecular formula is C27H31NO9. The predicted octanol–water partition coefficient (Wildman–Crippen LogP) is 4.29. The van der Waals surface area contributed by atoms with Crippen molar-refractivity contribution in [2.75, 3.05) is 25.2 Å². The second-order valence-electron chi connectivity index (χ2n) is 10.3. The Morgan fingerprint density at radius 3 is 2.16 bits per heavy atom. The molecule has 0 saturated carbocycles. The molecule has 0 radical (unpaired) electrons. The van der Waals surface area contributed by atoms with Gasteiger partial charge in [-0.05, 0) is 71.9 Å². The zero-order valence-electron chi connectivity index (χ0n) is 22.0. The van der Waals surface area contributed by atoms with Crippen LogP contribution in [-0.2, 0) is 23.8 Å². The zero-order valence-corrected chi connectivity index (χ0v) is 22.0. The number of esters is 3. The molecule has 0 N–H and O–H groups in total. The molecule has 0 atom stereocenters. The van der Waals surface area contributed by atoms with Crippen LogP contribution in [0.25, 0.3) is 0 Å². The van der Waals surface area contributed by atoms with Crippen molar-refractivity contribution in [2.45, 2.75) is 52.7 Å². The summed E-state index contributed by atoms with van der Waals surface area (Å²) >= 11 is 0. The Morgan fingerprint density at radius 1 is 0.892 bits per heavy atom. The maximum Gasteiger partial charge on any atom is 0.344 e. The van der Waals surface area contributed by atoms with E-state index in [1.165, 1.54) is 31.4 Å². The minimum Gasteiger partial charge on any atom is -0.481 e. The monoisotopic (exact) mass is 513 g/mol. The van der Waals surface area contributed by atoms with E-state index >= 15 is 0 Å². The van der Waals surface area contributed by atoms with Crippen LogP contribution < -0.4 is 14.4 Å². The molecule has 37 heavy (non-hydrogen) atoms. The molecule has 1 aliphatic rings. The van der Waals surface area contributed by atoms with Crippen LogP contribution in [0.1, 0.15) is 62.3 Å². The minimum absolute atomic E-state index is 0.00886. The van der Waals surface area contributed by atoms with Crippen LogP contribution in [0, 0.1) is 0 Å². The molecule has 0 saturated heterocycles. The maximum absolute atomic E-state index is 13.9. The molecular weight excluding hydrogens is 482 g/mol. The van der Waals surface area contributed by atoms with Gasteiger partial charge in [0.05, 0.1) is 18.4 Å². The third-order valence-corrected chi connectivity index (χ3v) is 4.81. The molecule has 0 fully saturated rings. The number of fused-ring (bicyclic) bond motifs is 2. The Labute approximate surface area is 215 Å². The number of carbonyl (C=O) groups excluding carboxylic acids is 4. The van der Waals surface area contributed by atoms with Crippen molar-refractivity contribution in [3.8, 4) is 17.2 Å². The Balaban J connectivity index is 2.04. The Morgan fingerprint density at radius 2 is 1.54 bits per heavy atom. The first-order valence-electron chi connectivity index (χ1n) is 11.6. The van der Waals surface area contributed by atoms with Crippen LogP contribution in [-0.4, -0.2) is 55.3 Å². The van der Waals surface area contributed by atoms with Gasteiger partial charge >= 0.3 is 17.9 Å². The molecule has 0 aliphatic carbocycles. The summed E-state index contributed by atoms with van der Waals surface area (Å²) in [5.74, 6) is -2.16. The van der Waals surface area contributed by atoms with E-state index in [-0.39, 0.29) is 34.1 Å². The predicted molar refractivity (Wildman–Crippen MR) is 133 cm³/mol. The fourth-order valence-electron chi connectivity index (χ4n) is 3.52. The molecule has 2 aromatic carbocycles. The van der Waals surface area contributed by atoms with Crippen LogP contribution in [0.5, 0.6) is 17.2 Å². The number of benzene rings is 2. The third kappa shape index (κ3) is 6.99. The molecule has 0 unspecified atom stereocenters. The minimum atomic E-state index is -0.793. The highest BCUT2D eigenvalue weighted by Gasteiger charge is 2.34. The Kier molecular flexibility index (Phi) is 7.80. The van der Waals surface area contributed by atoms with E-state index in [0.717, 1.165) is 4.90 Å². The number of rotatable bonds is 6. The summed E-state index contributed by atoms with van der Waals surface area (Å²) in [6.07, 6.45) is 0. The van der Waals surface area contributed by atoms with Crippen molar-refractivity contribution >= 4 is 29.5 Å². The van der Waals surface area contributed by atoms with Crippen molar-refractivity contribution in [1.82, 2.24) is 0 Å². The van der Waals surface area contributed by atoms with Gasteiger partial charge in [-0.1, -0.05) is 6.07 Å². The van der Waals surface area contributed by atoms with Gasteiger partial charge in [0.25, 0.3) is 5.91 Å². The number of nitrogens with zero attached hydrogens (tertiary/aromatic N) is 1. The lowest BCUT2D eigenvalue weighted by Crippen LogP contribution is -2.39.